The van der Waals surface area contributed by atoms with E-state index in [0.717, 1.165) is 36.8 Å². The first-order valence-electron chi connectivity index (χ1n) is 8.31. The molecule has 4 rings (SSSR count). The topological polar surface area (TPSA) is 51.9 Å². The molecule has 1 aromatic carbocycles. The van der Waals surface area contributed by atoms with Crippen molar-refractivity contribution in [3.63, 3.8) is 0 Å². The highest BCUT2D eigenvalue weighted by atomic mass is 32.2. The van der Waals surface area contributed by atoms with Crippen LogP contribution < -0.4 is 9.47 Å². The summed E-state index contributed by atoms with van der Waals surface area (Å²) in [5.74, 6) is 3.26. The number of ether oxygens (including phenoxy) is 2. The third kappa shape index (κ3) is 3.69. The average Bonchev–Trinajstić information content (AvgIpc) is 3.26. The molecule has 0 saturated carbocycles. The van der Waals surface area contributed by atoms with Crippen LogP contribution in [0.1, 0.15) is 23.0 Å². The zero-order valence-electron chi connectivity index (χ0n) is 13.7. The number of fused-ring (bicyclic) bond motifs is 1. The van der Waals surface area contributed by atoms with E-state index in [1.807, 2.05) is 34.9 Å². The van der Waals surface area contributed by atoms with Crippen molar-refractivity contribution in [1.82, 2.24) is 4.90 Å². The van der Waals surface area contributed by atoms with Gasteiger partial charge in [0.05, 0.1) is 6.26 Å². The van der Waals surface area contributed by atoms with Crippen LogP contribution in [0.4, 0.5) is 0 Å². The Bertz CT molecular complexity index is 772. The first-order chi connectivity index (χ1) is 12.3. The molecule has 1 unspecified atom stereocenters. The Kier molecular flexibility index (Phi) is 4.70. The minimum Gasteiger partial charge on any atom is -0.465 e. The highest BCUT2D eigenvalue weighted by Gasteiger charge is 2.23. The van der Waals surface area contributed by atoms with Gasteiger partial charge >= 0.3 is 0 Å². The third-order valence-corrected chi connectivity index (χ3v) is 5.68. The Labute approximate surface area is 150 Å². The zero-order chi connectivity index (χ0) is 17.1. The molecule has 1 saturated heterocycles. The lowest BCUT2D eigenvalue weighted by Crippen LogP contribution is -2.31. The molecule has 0 spiro atoms. The van der Waals surface area contributed by atoms with E-state index in [9.17, 15) is 4.79 Å². The van der Waals surface area contributed by atoms with Crippen molar-refractivity contribution in [2.24, 2.45) is 0 Å². The molecule has 1 atom stereocenters. The molecule has 2 aliphatic rings. The van der Waals surface area contributed by atoms with Gasteiger partial charge in [-0.05, 0) is 42.3 Å². The molecule has 0 aliphatic carbocycles. The van der Waals surface area contributed by atoms with Crippen LogP contribution in [-0.2, 0) is 4.79 Å². The second-order valence-corrected chi connectivity index (χ2v) is 7.25. The van der Waals surface area contributed by atoms with Gasteiger partial charge in [-0.1, -0.05) is 6.07 Å². The number of hydrogen-bond donors (Lipinski definition) is 0. The third-order valence-electron chi connectivity index (χ3n) is 4.35. The number of nitrogens with zero attached hydrogens (tertiary/aromatic N) is 1. The molecule has 0 N–H and O–H groups in total. The van der Waals surface area contributed by atoms with E-state index >= 15 is 0 Å². The van der Waals surface area contributed by atoms with Gasteiger partial charge in [-0.25, -0.2) is 0 Å². The van der Waals surface area contributed by atoms with Crippen molar-refractivity contribution in [1.29, 1.82) is 0 Å². The van der Waals surface area contributed by atoms with Crippen LogP contribution in [0.25, 0.3) is 6.08 Å². The van der Waals surface area contributed by atoms with Gasteiger partial charge in [0.1, 0.15) is 5.76 Å². The summed E-state index contributed by atoms with van der Waals surface area (Å²) in [6.45, 7) is 1.79. The van der Waals surface area contributed by atoms with Crippen LogP contribution >= 0.6 is 11.8 Å². The summed E-state index contributed by atoms with van der Waals surface area (Å²) in [7, 11) is 0. The lowest BCUT2D eigenvalue weighted by atomic mass is 10.1. The van der Waals surface area contributed by atoms with E-state index in [-0.39, 0.29) is 5.91 Å². The van der Waals surface area contributed by atoms with Crippen molar-refractivity contribution >= 4 is 23.7 Å². The predicted molar refractivity (Wildman–Crippen MR) is 96.7 cm³/mol. The molecule has 0 bridgehead atoms. The molecule has 5 nitrogen and oxygen atoms in total. The minimum atomic E-state index is 0.0309. The highest BCUT2D eigenvalue weighted by molar-refractivity contribution is 7.99. The van der Waals surface area contributed by atoms with Crippen molar-refractivity contribution in [2.45, 2.75) is 11.7 Å². The van der Waals surface area contributed by atoms with Crippen molar-refractivity contribution < 1.29 is 18.7 Å². The van der Waals surface area contributed by atoms with Gasteiger partial charge in [0, 0.05) is 30.2 Å². The van der Waals surface area contributed by atoms with E-state index in [1.165, 1.54) is 5.56 Å². The van der Waals surface area contributed by atoms with E-state index in [1.54, 1.807) is 18.4 Å². The molecule has 130 valence electrons. The SMILES string of the molecule is O=C(/C=C/c1ccco1)N1CCSC(c2ccc3c(c2)OCO3)CC1. The number of carbonyl (C=O) groups is 1. The molecule has 1 amide bonds. The summed E-state index contributed by atoms with van der Waals surface area (Å²) in [6, 6.07) is 9.77. The number of furan rings is 1. The number of carbonyl (C=O) groups excluding carboxylic acids is 1. The van der Waals surface area contributed by atoms with Gasteiger partial charge in [0.25, 0.3) is 0 Å². The maximum absolute atomic E-state index is 12.4. The van der Waals surface area contributed by atoms with Gasteiger partial charge in [-0.2, -0.15) is 11.8 Å². The van der Waals surface area contributed by atoms with E-state index < -0.39 is 0 Å². The quantitative estimate of drug-likeness (QED) is 0.784. The second kappa shape index (κ2) is 7.27. The molecular weight excluding hydrogens is 338 g/mol. The van der Waals surface area contributed by atoms with Crippen LogP contribution in [0.2, 0.25) is 0 Å². The summed E-state index contributed by atoms with van der Waals surface area (Å²) in [4.78, 5) is 14.3. The molecular formula is C19H19NO4S. The maximum atomic E-state index is 12.4. The number of benzene rings is 1. The lowest BCUT2D eigenvalue weighted by molar-refractivity contribution is -0.125. The fourth-order valence-corrected chi connectivity index (χ4v) is 4.24. The Morgan fingerprint density at radius 3 is 3.00 bits per heavy atom. The van der Waals surface area contributed by atoms with Crippen LogP contribution in [-0.4, -0.2) is 36.4 Å². The molecule has 25 heavy (non-hydrogen) atoms. The van der Waals surface area contributed by atoms with Gasteiger partial charge < -0.3 is 18.8 Å². The Morgan fingerprint density at radius 2 is 2.12 bits per heavy atom. The number of hydrogen-bond acceptors (Lipinski definition) is 5. The minimum absolute atomic E-state index is 0.0309. The van der Waals surface area contributed by atoms with Crippen molar-refractivity contribution in [3.8, 4) is 11.5 Å². The zero-order valence-corrected chi connectivity index (χ0v) is 14.5. The van der Waals surface area contributed by atoms with Crippen LogP contribution in [0.5, 0.6) is 11.5 Å². The molecule has 1 fully saturated rings. The maximum Gasteiger partial charge on any atom is 0.246 e. The largest absolute Gasteiger partial charge is 0.465 e. The summed E-state index contributed by atoms with van der Waals surface area (Å²) in [5, 5.41) is 0.362. The molecule has 0 radical (unpaired) electrons. The number of amides is 1. The Morgan fingerprint density at radius 1 is 1.20 bits per heavy atom. The van der Waals surface area contributed by atoms with Gasteiger partial charge in [-0.15, -0.1) is 0 Å². The molecule has 1 aromatic heterocycles. The number of rotatable bonds is 3. The molecule has 3 heterocycles. The smallest absolute Gasteiger partial charge is 0.246 e. The van der Waals surface area contributed by atoms with Crippen molar-refractivity contribution in [2.75, 3.05) is 25.6 Å². The fourth-order valence-electron chi connectivity index (χ4n) is 3.01. The van der Waals surface area contributed by atoms with Crippen LogP contribution in [0.15, 0.2) is 47.1 Å². The highest BCUT2D eigenvalue weighted by Crippen LogP contribution is 2.40. The van der Waals surface area contributed by atoms with Crippen molar-refractivity contribution in [3.05, 3.63) is 54.0 Å². The standard InChI is InChI=1S/C19H19NO4S/c21-19(6-4-15-2-1-10-22-15)20-8-7-18(25-11-9-20)14-3-5-16-17(12-14)24-13-23-16/h1-6,10,12,18H,7-9,11,13H2/b6-4+. The number of thioether (sulfide) groups is 1. The average molecular weight is 357 g/mol. The van der Waals surface area contributed by atoms with Gasteiger partial charge in [-0.3, -0.25) is 4.79 Å². The lowest BCUT2D eigenvalue weighted by Gasteiger charge is -2.18. The first-order valence-corrected chi connectivity index (χ1v) is 9.36. The molecule has 6 heteroatoms. The van der Waals surface area contributed by atoms with Crippen LogP contribution in [0.3, 0.4) is 0 Å². The monoisotopic (exact) mass is 357 g/mol. The van der Waals surface area contributed by atoms with E-state index in [4.69, 9.17) is 13.9 Å². The van der Waals surface area contributed by atoms with Crippen LogP contribution in [0, 0.1) is 0 Å². The molecule has 2 aliphatic heterocycles. The fraction of sp³-hybridized carbons (Fsp3) is 0.316. The summed E-state index contributed by atoms with van der Waals surface area (Å²) in [6.07, 6.45) is 5.83. The van der Waals surface area contributed by atoms with Gasteiger partial charge in [0.15, 0.2) is 11.5 Å². The van der Waals surface area contributed by atoms with Gasteiger partial charge in [0.2, 0.25) is 12.7 Å². The predicted octanol–water partition coefficient (Wildman–Crippen LogP) is 3.73. The Hall–Kier alpha value is -2.34. The molecule has 2 aromatic rings. The summed E-state index contributed by atoms with van der Waals surface area (Å²) < 4.78 is 16.1. The summed E-state index contributed by atoms with van der Waals surface area (Å²) >= 11 is 1.89. The van der Waals surface area contributed by atoms with E-state index in [0.29, 0.717) is 17.8 Å². The first kappa shape index (κ1) is 16.1. The summed E-state index contributed by atoms with van der Waals surface area (Å²) in [5.41, 5.74) is 1.23. The Balaban J connectivity index is 1.39. The normalized spacial score (nSPS) is 20.0. The van der Waals surface area contributed by atoms with E-state index in [2.05, 4.69) is 12.1 Å². The second-order valence-electron chi connectivity index (χ2n) is 5.93.